The first-order valence-corrected chi connectivity index (χ1v) is 5.88. The molecule has 1 aromatic heterocycles. The zero-order chi connectivity index (χ0) is 15.2. The van der Waals surface area contributed by atoms with Crippen LogP contribution in [0.25, 0.3) is 6.08 Å². The predicted octanol–water partition coefficient (Wildman–Crippen LogP) is 2.63. The van der Waals surface area contributed by atoms with Gasteiger partial charge in [0.05, 0.1) is 0 Å². The van der Waals surface area contributed by atoms with E-state index >= 15 is 0 Å². The molecular formula is C13H11F2N3O3. The Morgan fingerprint density at radius 2 is 2.19 bits per heavy atom. The van der Waals surface area contributed by atoms with Gasteiger partial charge in [-0.05, 0) is 19.1 Å². The molecule has 6 nitrogen and oxygen atoms in total. The summed E-state index contributed by atoms with van der Waals surface area (Å²) in [6.45, 7) is -1.33. The lowest BCUT2D eigenvalue weighted by Gasteiger charge is -2.07. The predicted molar refractivity (Wildman–Crippen MR) is 69.8 cm³/mol. The van der Waals surface area contributed by atoms with Crippen LogP contribution in [0, 0.1) is 6.92 Å². The number of rotatable bonds is 5. The highest BCUT2D eigenvalue weighted by Crippen LogP contribution is 2.21. The van der Waals surface area contributed by atoms with Gasteiger partial charge in [0, 0.05) is 11.6 Å². The molecule has 8 heteroatoms. The highest BCUT2D eigenvalue weighted by atomic mass is 19.3. The standard InChI is InChI=1S/C13H11F2N3O3/c1-8-16-13(21-18-8)17-11(19)7-6-9-4-2-3-5-10(9)20-12(14)15/h2-7,12H,1H3,(H,16,17,18,19)/b7-6+. The van der Waals surface area contributed by atoms with E-state index in [1.54, 1.807) is 25.1 Å². The molecule has 2 rings (SSSR count). The monoisotopic (exact) mass is 295 g/mol. The second-order valence-corrected chi connectivity index (χ2v) is 3.89. The minimum Gasteiger partial charge on any atom is -0.434 e. The summed E-state index contributed by atoms with van der Waals surface area (Å²) in [4.78, 5) is 15.4. The molecule has 0 spiro atoms. The van der Waals surface area contributed by atoms with Crippen LogP contribution in [-0.4, -0.2) is 22.7 Å². The zero-order valence-electron chi connectivity index (χ0n) is 10.9. The van der Waals surface area contributed by atoms with E-state index in [0.29, 0.717) is 11.4 Å². The maximum absolute atomic E-state index is 12.2. The summed E-state index contributed by atoms with van der Waals surface area (Å²) in [6.07, 6.45) is 2.49. The minimum absolute atomic E-state index is 0.0230. The maximum Gasteiger partial charge on any atom is 0.387 e. The second kappa shape index (κ2) is 6.60. The number of nitrogens with one attached hydrogen (secondary N) is 1. The fourth-order valence-corrected chi connectivity index (χ4v) is 1.48. The Morgan fingerprint density at radius 1 is 1.43 bits per heavy atom. The molecule has 21 heavy (non-hydrogen) atoms. The van der Waals surface area contributed by atoms with Crippen LogP contribution in [0.2, 0.25) is 0 Å². The average molecular weight is 295 g/mol. The Balaban J connectivity index is 2.05. The SMILES string of the molecule is Cc1noc(NC(=O)/C=C/c2ccccc2OC(F)F)n1. The van der Waals surface area contributed by atoms with Gasteiger partial charge in [-0.2, -0.15) is 13.8 Å². The van der Waals surface area contributed by atoms with Crippen LogP contribution in [0.5, 0.6) is 5.75 Å². The van der Waals surface area contributed by atoms with Gasteiger partial charge in [0.15, 0.2) is 5.82 Å². The number of anilines is 1. The number of carbonyl (C=O) groups is 1. The maximum atomic E-state index is 12.2. The van der Waals surface area contributed by atoms with Gasteiger partial charge in [0.2, 0.25) is 0 Å². The number of amides is 1. The van der Waals surface area contributed by atoms with Crippen LogP contribution in [0.15, 0.2) is 34.9 Å². The molecule has 0 aliphatic heterocycles. The number of hydrogen-bond donors (Lipinski definition) is 1. The summed E-state index contributed by atoms with van der Waals surface area (Å²) in [5, 5.41) is 5.84. The number of ether oxygens (including phenoxy) is 1. The van der Waals surface area contributed by atoms with E-state index in [2.05, 4.69) is 20.2 Å². The van der Waals surface area contributed by atoms with Gasteiger partial charge in [-0.1, -0.05) is 23.4 Å². The van der Waals surface area contributed by atoms with Gasteiger partial charge in [0.25, 0.3) is 5.91 Å². The van der Waals surface area contributed by atoms with Gasteiger partial charge in [-0.3, -0.25) is 10.1 Å². The molecule has 1 aromatic carbocycles. The summed E-state index contributed by atoms with van der Waals surface area (Å²) in [7, 11) is 0. The van der Waals surface area contributed by atoms with Crippen molar-refractivity contribution >= 4 is 18.0 Å². The summed E-state index contributed by atoms with van der Waals surface area (Å²) in [6, 6.07) is 6.07. The third kappa shape index (κ3) is 4.37. The fourth-order valence-electron chi connectivity index (χ4n) is 1.48. The van der Waals surface area contributed by atoms with Crippen molar-refractivity contribution in [2.24, 2.45) is 0 Å². The molecule has 1 amide bonds. The van der Waals surface area contributed by atoms with Gasteiger partial charge >= 0.3 is 12.6 Å². The number of carbonyl (C=O) groups excluding carboxylic acids is 1. The molecule has 1 N–H and O–H groups in total. The Bertz CT molecular complexity index is 656. The second-order valence-electron chi connectivity index (χ2n) is 3.89. The summed E-state index contributed by atoms with van der Waals surface area (Å²) >= 11 is 0. The topological polar surface area (TPSA) is 77.2 Å². The number of aromatic nitrogens is 2. The number of benzene rings is 1. The smallest absolute Gasteiger partial charge is 0.387 e. The summed E-state index contributed by atoms with van der Waals surface area (Å²) in [5.41, 5.74) is 0.342. The third-order valence-corrected chi connectivity index (χ3v) is 2.31. The third-order valence-electron chi connectivity index (χ3n) is 2.31. The van der Waals surface area contributed by atoms with E-state index in [1.165, 1.54) is 12.1 Å². The molecule has 2 aromatic rings. The molecule has 0 aliphatic carbocycles. The molecule has 0 fully saturated rings. The molecule has 0 unspecified atom stereocenters. The molecule has 0 radical (unpaired) electrons. The van der Waals surface area contributed by atoms with E-state index in [9.17, 15) is 13.6 Å². The molecular weight excluding hydrogens is 284 g/mol. The van der Waals surface area contributed by atoms with E-state index in [-0.39, 0.29) is 11.8 Å². The molecule has 0 saturated heterocycles. The van der Waals surface area contributed by atoms with Crippen molar-refractivity contribution in [2.45, 2.75) is 13.5 Å². The molecule has 0 atom stereocenters. The van der Waals surface area contributed by atoms with Crippen molar-refractivity contribution in [3.63, 3.8) is 0 Å². The lowest BCUT2D eigenvalue weighted by molar-refractivity contribution is -0.112. The normalized spacial score (nSPS) is 11.0. The Hall–Kier alpha value is -2.77. The van der Waals surface area contributed by atoms with Crippen LogP contribution in [0.3, 0.4) is 0 Å². The van der Waals surface area contributed by atoms with Gasteiger partial charge in [-0.15, -0.1) is 0 Å². The van der Waals surface area contributed by atoms with Crippen molar-refractivity contribution < 1.29 is 22.8 Å². The van der Waals surface area contributed by atoms with Gasteiger partial charge in [0.1, 0.15) is 5.75 Å². The van der Waals surface area contributed by atoms with E-state index in [4.69, 9.17) is 4.52 Å². The van der Waals surface area contributed by atoms with Crippen molar-refractivity contribution in [1.29, 1.82) is 0 Å². The first-order chi connectivity index (χ1) is 10.0. The largest absolute Gasteiger partial charge is 0.434 e. The molecule has 0 saturated carbocycles. The first-order valence-electron chi connectivity index (χ1n) is 5.88. The van der Waals surface area contributed by atoms with E-state index in [0.717, 1.165) is 6.08 Å². The number of nitrogens with zero attached hydrogens (tertiary/aromatic N) is 2. The van der Waals surface area contributed by atoms with Gasteiger partial charge < -0.3 is 9.26 Å². The summed E-state index contributed by atoms with van der Waals surface area (Å²) < 4.78 is 33.5. The molecule has 0 aliphatic rings. The Kier molecular flexibility index (Phi) is 4.60. The first kappa shape index (κ1) is 14.6. The number of halogens is 2. The molecule has 0 bridgehead atoms. The highest BCUT2D eigenvalue weighted by Gasteiger charge is 2.08. The number of para-hydroxylation sites is 1. The highest BCUT2D eigenvalue weighted by molar-refractivity contribution is 6.00. The quantitative estimate of drug-likeness (QED) is 0.858. The number of alkyl halides is 2. The van der Waals surface area contributed by atoms with Crippen LogP contribution in [-0.2, 0) is 4.79 Å². The van der Waals surface area contributed by atoms with Crippen LogP contribution < -0.4 is 10.1 Å². The lowest BCUT2D eigenvalue weighted by Crippen LogP contribution is -2.08. The van der Waals surface area contributed by atoms with Crippen molar-refractivity contribution in [1.82, 2.24) is 10.1 Å². The van der Waals surface area contributed by atoms with Gasteiger partial charge in [-0.25, -0.2) is 0 Å². The van der Waals surface area contributed by atoms with Crippen LogP contribution in [0.4, 0.5) is 14.8 Å². The van der Waals surface area contributed by atoms with Crippen LogP contribution in [0.1, 0.15) is 11.4 Å². The van der Waals surface area contributed by atoms with Crippen LogP contribution >= 0.6 is 0 Å². The lowest BCUT2D eigenvalue weighted by atomic mass is 10.2. The van der Waals surface area contributed by atoms with Crippen molar-refractivity contribution in [3.8, 4) is 5.75 Å². The number of aryl methyl sites for hydroxylation is 1. The molecule has 110 valence electrons. The average Bonchev–Trinajstić information content (AvgIpc) is 2.82. The van der Waals surface area contributed by atoms with Crippen molar-refractivity contribution in [2.75, 3.05) is 5.32 Å². The number of hydrogen-bond acceptors (Lipinski definition) is 5. The molecule has 1 heterocycles. The van der Waals surface area contributed by atoms with Crippen molar-refractivity contribution in [3.05, 3.63) is 41.7 Å². The van der Waals surface area contributed by atoms with E-state index in [1.807, 2.05) is 0 Å². The Labute approximate surface area is 118 Å². The zero-order valence-corrected chi connectivity index (χ0v) is 10.9. The fraction of sp³-hybridized carbons (Fsp3) is 0.154. The van der Waals surface area contributed by atoms with E-state index < -0.39 is 12.5 Å². The summed E-state index contributed by atoms with van der Waals surface area (Å²) in [5.74, 6) is -0.180. The minimum atomic E-state index is -2.94. The Morgan fingerprint density at radius 3 is 2.86 bits per heavy atom.